The van der Waals surface area contributed by atoms with Crippen LogP contribution in [0, 0.1) is 6.92 Å². The number of anilines is 1. The standard InChI is InChI=1S/C13H12ClN5O/c1-8-12(15)17-18-19(8)6-11-7-20-13(16-11)9-3-2-4-10(14)5-9/h2-5,7H,6,15H2,1H3. The zero-order chi connectivity index (χ0) is 14.1. The normalized spacial score (nSPS) is 10.9. The number of benzene rings is 1. The smallest absolute Gasteiger partial charge is 0.226 e. The third-order valence-corrected chi connectivity index (χ3v) is 3.19. The van der Waals surface area contributed by atoms with E-state index in [2.05, 4.69) is 15.3 Å². The summed E-state index contributed by atoms with van der Waals surface area (Å²) in [7, 11) is 0. The number of rotatable bonds is 3. The largest absolute Gasteiger partial charge is 0.444 e. The van der Waals surface area contributed by atoms with E-state index >= 15 is 0 Å². The maximum atomic E-state index is 5.95. The molecule has 7 heteroatoms. The number of nitrogens with zero attached hydrogens (tertiary/aromatic N) is 4. The van der Waals surface area contributed by atoms with Crippen LogP contribution in [0.2, 0.25) is 5.02 Å². The lowest BCUT2D eigenvalue weighted by Crippen LogP contribution is -2.04. The molecule has 0 bridgehead atoms. The van der Waals surface area contributed by atoms with Crippen molar-refractivity contribution in [2.45, 2.75) is 13.5 Å². The Labute approximate surface area is 120 Å². The van der Waals surface area contributed by atoms with Gasteiger partial charge in [-0.25, -0.2) is 9.67 Å². The van der Waals surface area contributed by atoms with Crippen LogP contribution in [0.15, 0.2) is 34.9 Å². The summed E-state index contributed by atoms with van der Waals surface area (Å²) in [6.45, 7) is 2.31. The Morgan fingerprint density at radius 2 is 2.25 bits per heavy atom. The van der Waals surface area contributed by atoms with E-state index in [0.29, 0.717) is 23.3 Å². The molecule has 0 amide bonds. The topological polar surface area (TPSA) is 82.8 Å². The molecule has 0 fully saturated rings. The summed E-state index contributed by atoms with van der Waals surface area (Å²) in [6.07, 6.45) is 1.59. The van der Waals surface area contributed by atoms with Gasteiger partial charge in [0.2, 0.25) is 5.89 Å². The van der Waals surface area contributed by atoms with Gasteiger partial charge in [0, 0.05) is 10.6 Å². The molecule has 0 atom stereocenters. The first-order chi connectivity index (χ1) is 9.63. The minimum atomic E-state index is 0.420. The summed E-state index contributed by atoms with van der Waals surface area (Å²) in [5, 5.41) is 8.39. The van der Waals surface area contributed by atoms with Crippen LogP contribution in [0.4, 0.5) is 5.82 Å². The second-order valence-corrected chi connectivity index (χ2v) is 4.81. The summed E-state index contributed by atoms with van der Waals surface area (Å²) in [6, 6.07) is 7.34. The van der Waals surface area contributed by atoms with Crippen LogP contribution in [0.25, 0.3) is 11.5 Å². The number of hydrogen-bond donors (Lipinski definition) is 1. The van der Waals surface area contributed by atoms with Gasteiger partial charge < -0.3 is 10.2 Å². The maximum Gasteiger partial charge on any atom is 0.226 e. The molecule has 0 unspecified atom stereocenters. The highest BCUT2D eigenvalue weighted by molar-refractivity contribution is 6.30. The first-order valence-corrected chi connectivity index (χ1v) is 6.37. The summed E-state index contributed by atoms with van der Waals surface area (Å²) < 4.78 is 7.14. The summed E-state index contributed by atoms with van der Waals surface area (Å²) in [4.78, 5) is 4.41. The molecule has 0 saturated heterocycles. The van der Waals surface area contributed by atoms with Gasteiger partial charge in [-0.15, -0.1) is 5.10 Å². The molecule has 0 radical (unpaired) electrons. The molecule has 0 saturated carbocycles. The van der Waals surface area contributed by atoms with Crippen molar-refractivity contribution < 1.29 is 4.42 Å². The van der Waals surface area contributed by atoms with Crippen LogP contribution in [-0.2, 0) is 6.54 Å². The second-order valence-electron chi connectivity index (χ2n) is 4.37. The highest BCUT2D eigenvalue weighted by atomic mass is 35.5. The van der Waals surface area contributed by atoms with Gasteiger partial charge in [0.05, 0.1) is 12.2 Å². The SMILES string of the molecule is Cc1c(N)nnn1Cc1coc(-c2cccc(Cl)c2)n1. The molecule has 102 valence electrons. The minimum absolute atomic E-state index is 0.420. The van der Waals surface area contributed by atoms with Gasteiger partial charge in [0.15, 0.2) is 5.82 Å². The van der Waals surface area contributed by atoms with E-state index in [9.17, 15) is 0 Å². The average molecular weight is 290 g/mol. The third-order valence-electron chi connectivity index (χ3n) is 2.95. The van der Waals surface area contributed by atoms with Crippen LogP contribution in [0.3, 0.4) is 0 Å². The lowest BCUT2D eigenvalue weighted by molar-refractivity contribution is 0.567. The van der Waals surface area contributed by atoms with Crippen LogP contribution in [-0.4, -0.2) is 20.0 Å². The first-order valence-electron chi connectivity index (χ1n) is 5.99. The molecule has 1 aromatic carbocycles. The molecule has 3 aromatic rings. The van der Waals surface area contributed by atoms with Crippen LogP contribution in [0.1, 0.15) is 11.4 Å². The zero-order valence-corrected chi connectivity index (χ0v) is 11.5. The quantitative estimate of drug-likeness (QED) is 0.801. The molecule has 3 rings (SSSR count). The summed E-state index contributed by atoms with van der Waals surface area (Å²) >= 11 is 5.95. The number of halogens is 1. The van der Waals surface area contributed by atoms with Crippen LogP contribution >= 0.6 is 11.6 Å². The van der Waals surface area contributed by atoms with Gasteiger partial charge in [-0.05, 0) is 25.1 Å². The number of aromatic nitrogens is 4. The Hall–Kier alpha value is -2.34. The Balaban J connectivity index is 1.85. The van der Waals surface area contributed by atoms with E-state index < -0.39 is 0 Å². The van der Waals surface area contributed by atoms with Gasteiger partial charge in [-0.3, -0.25) is 0 Å². The molecule has 0 aliphatic rings. The van der Waals surface area contributed by atoms with E-state index in [-0.39, 0.29) is 0 Å². The second kappa shape index (κ2) is 4.97. The highest BCUT2D eigenvalue weighted by Crippen LogP contribution is 2.22. The van der Waals surface area contributed by atoms with E-state index in [4.69, 9.17) is 21.8 Å². The zero-order valence-electron chi connectivity index (χ0n) is 10.7. The highest BCUT2D eigenvalue weighted by Gasteiger charge is 2.10. The molecule has 0 aliphatic heterocycles. The average Bonchev–Trinajstić information content (AvgIpc) is 3.01. The molecule has 20 heavy (non-hydrogen) atoms. The number of hydrogen-bond acceptors (Lipinski definition) is 5. The van der Waals surface area contributed by atoms with E-state index in [0.717, 1.165) is 17.0 Å². The Morgan fingerprint density at radius 1 is 1.40 bits per heavy atom. The molecule has 6 nitrogen and oxygen atoms in total. The lowest BCUT2D eigenvalue weighted by Gasteiger charge is -1.98. The van der Waals surface area contributed by atoms with Crippen molar-refractivity contribution in [3.05, 3.63) is 46.9 Å². The van der Waals surface area contributed by atoms with Gasteiger partial charge in [-0.1, -0.05) is 22.9 Å². The number of oxazole rings is 1. The van der Waals surface area contributed by atoms with Crippen LogP contribution in [0.5, 0.6) is 0 Å². The van der Waals surface area contributed by atoms with Crippen molar-refractivity contribution in [1.82, 2.24) is 20.0 Å². The Bertz CT molecular complexity index is 749. The third kappa shape index (κ3) is 2.37. The number of nitrogen functional groups attached to an aromatic ring is 1. The van der Waals surface area contributed by atoms with Crippen molar-refractivity contribution in [1.29, 1.82) is 0 Å². The molecule has 2 N–H and O–H groups in total. The van der Waals surface area contributed by atoms with Gasteiger partial charge >= 0.3 is 0 Å². The molecular formula is C13H12ClN5O. The Morgan fingerprint density at radius 3 is 2.95 bits per heavy atom. The Kier molecular flexibility index (Phi) is 3.15. The van der Waals surface area contributed by atoms with E-state index in [1.54, 1.807) is 23.1 Å². The minimum Gasteiger partial charge on any atom is -0.444 e. The summed E-state index contributed by atoms with van der Waals surface area (Å²) in [5.41, 5.74) is 8.03. The van der Waals surface area contributed by atoms with Gasteiger partial charge in [0.25, 0.3) is 0 Å². The first kappa shape index (κ1) is 12.7. The molecule has 2 aromatic heterocycles. The van der Waals surface area contributed by atoms with E-state index in [1.807, 2.05) is 19.1 Å². The van der Waals surface area contributed by atoms with E-state index in [1.165, 1.54) is 0 Å². The number of nitrogens with two attached hydrogens (primary N) is 1. The fourth-order valence-corrected chi connectivity index (χ4v) is 2.00. The molecular weight excluding hydrogens is 278 g/mol. The predicted octanol–water partition coefficient (Wildman–Crippen LogP) is 2.53. The molecule has 0 spiro atoms. The predicted molar refractivity (Wildman–Crippen MR) is 75.2 cm³/mol. The van der Waals surface area contributed by atoms with Crippen molar-refractivity contribution in [2.24, 2.45) is 0 Å². The fourth-order valence-electron chi connectivity index (χ4n) is 1.81. The van der Waals surface area contributed by atoms with Gasteiger partial charge in [-0.2, -0.15) is 0 Å². The molecule has 2 heterocycles. The monoisotopic (exact) mass is 289 g/mol. The van der Waals surface area contributed by atoms with Crippen molar-refractivity contribution >= 4 is 17.4 Å². The van der Waals surface area contributed by atoms with Crippen molar-refractivity contribution in [3.8, 4) is 11.5 Å². The van der Waals surface area contributed by atoms with Crippen molar-refractivity contribution in [2.75, 3.05) is 5.73 Å². The lowest BCUT2D eigenvalue weighted by atomic mass is 10.2. The summed E-state index contributed by atoms with van der Waals surface area (Å²) in [5.74, 6) is 0.941. The van der Waals surface area contributed by atoms with Gasteiger partial charge in [0.1, 0.15) is 12.0 Å². The maximum absolute atomic E-state index is 5.95. The molecule has 0 aliphatic carbocycles. The fraction of sp³-hybridized carbons (Fsp3) is 0.154. The van der Waals surface area contributed by atoms with Crippen LogP contribution < -0.4 is 5.73 Å². The van der Waals surface area contributed by atoms with Crippen molar-refractivity contribution in [3.63, 3.8) is 0 Å².